The first-order chi connectivity index (χ1) is 9.72. The molecular weight excluding hydrogens is 322 g/mol. The Kier molecular flexibility index (Phi) is 9.07. The van der Waals surface area contributed by atoms with Gasteiger partial charge in [-0.15, -0.1) is 0 Å². The highest BCUT2D eigenvalue weighted by molar-refractivity contribution is 9.09. The van der Waals surface area contributed by atoms with Crippen LogP contribution >= 0.6 is 15.9 Å². The highest BCUT2D eigenvalue weighted by Gasteiger charge is 2.01. The minimum Gasteiger partial charge on any atom is -0.493 e. The monoisotopic (exact) mass is 343 g/mol. The maximum absolute atomic E-state index is 11.5. The first kappa shape index (κ1) is 17.0. The maximum Gasteiger partial charge on any atom is 0.223 e. The molecule has 1 amide bonds. The zero-order valence-electron chi connectivity index (χ0n) is 11.9. The van der Waals surface area contributed by atoms with Crippen molar-refractivity contribution in [3.8, 4) is 5.75 Å². The molecule has 0 unspecified atom stereocenters. The molecule has 0 aliphatic heterocycles. The molecule has 0 aromatic heterocycles. The summed E-state index contributed by atoms with van der Waals surface area (Å²) in [6, 6.07) is 7.81. The molecule has 0 aliphatic carbocycles. The number of ether oxygens (including phenoxy) is 2. The van der Waals surface area contributed by atoms with Gasteiger partial charge in [0.2, 0.25) is 5.91 Å². The molecule has 0 saturated carbocycles. The average Bonchev–Trinajstić information content (AvgIpc) is 2.43. The van der Waals surface area contributed by atoms with Gasteiger partial charge in [-0.25, -0.2) is 0 Å². The predicted octanol–water partition coefficient (Wildman–Crippen LogP) is 2.68. The number of benzene rings is 1. The molecule has 0 atom stereocenters. The Hall–Kier alpha value is -1.07. The standard InChI is InChI=1S/C15H22BrNO3/c1-13-4-2-5-14(12-13)20-10-6-15(18)17-8-3-9-19-11-7-16/h2,4-5,12H,3,6-11H2,1H3,(H,17,18). The van der Waals surface area contributed by atoms with Crippen LogP contribution in [0.4, 0.5) is 0 Å². The lowest BCUT2D eigenvalue weighted by Gasteiger charge is -2.08. The quantitative estimate of drug-likeness (QED) is 0.524. The third kappa shape index (κ3) is 8.17. The fourth-order valence-corrected chi connectivity index (χ4v) is 1.84. The van der Waals surface area contributed by atoms with Crippen molar-refractivity contribution in [3.05, 3.63) is 29.8 Å². The van der Waals surface area contributed by atoms with E-state index in [1.165, 1.54) is 0 Å². The van der Waals surface area contributed by atoms with Gasteiger partial charge in [0.05, 0.1) is 19.6 Å². The Labute approximate surface area is 129 Å². The summed E-state index contributed by atoms with van der Waals surface area (Å²) in [5.41, 5.74) is 1.15. The van der Waals surface area contributed by atoms with Gasteiger partial charge in [-0.3, -0.25) is 4.79 Å². The Balaban J connectivity index is 2.03. The SMILES string of the molecule is Cc1cccc(OCCC(=O)NCCCOCCBr)c1. The molecule has 0 aliphatic rings. The van der Waals surface area contributed by atoms with Crippen LogP contribution in [-0.2, 0) is 9.53 Å². The van der Waals surface area contributed by atoms with Crippen LogP contribution < -0.4 is 10.1 Å². The number of alkyl halides is 1. The number of carbonyl (C=O) groups is 1. The number of halogens is 1. The molecule has 0 fully saturated rings. The van der Waals surface area contributed by atoms with Crippen LogP contribution in [0.3, 0.4) is 0 Å². The van der Waals surface area contributed by atoms with Crippen LogP contribution in [0.2, 0.25) is 0 Å². The van der Waals surface area contributed by atoms with E-state index < -0.39 is 0 Å². The number of amides is 1. The summed E-state index contributed by atoms with van der Waals surface area (Å²) < 4.78 is 10.8. The second-order valence-corrected chi connectivity index (χ2v) is 5.21. The van der Waals surface area contributed by atoms with E-state index in [9.17, 15) is 4.79 Å². The number of hydrogen-bond donors (Lipinski definition) is 1. The summed E-state index contributed by atoms with van der Waals surface area (Å²) in [5.74, 6) is 0.819. The number of nitrogens with one attached hydrogen (secondary N) is 1. The van der Waals surface area contributed by atoms with Crippen LogP contribution in [0.1, 0.15) is 18.4 Å². The Morgan fingerprint density at radius 2 is 2.15 bits per heavy atom. The van der Waals surface area contributed by atoms with Gasteiger partial charge in [0.15, 0.2) is 0 Å². The minimum absolute atomic E-state index is 0.0122. The first-order valence-corrected chi connectivity index (χ1v) is 7.94. The average molecular weight is 344 g/mol. The van der Waals surface area contributed by atoms with E-state index >= 15 is 0 Å². The number of hydrogen-bond acceptors (Lipinski definition) is 3. The summed E-state index contributed by atoms with van der Waals surface area (Å²) in [4.78, 5) is 11.5. The molecule has 1 N–H and O–H groups in total. The van der Waals surface area contributed by atoms with E-state index in [0.29, 0.717) is 32.8 Å². The van der Waals surface area contributed by atoms with Crippen LogP contribution in [0.15, 0.2) is 24.3 Å². The molecule has 1 aromatic rings. The number of aryl methyl sites for hydroxylation is 1. The highest BCUT2D eigenvalue weighted by atomic mass is 79.9. The summed E-state index contributed by atoms with van der Waals surface area (Å²) in [6.45, 7) is 4.43. The van der Waals surface area contributed by atoms with Crippen LogP contribution in [0.25, 0.3) is 0 Å². The van der Waals surface area contributed by atoms with Gasteiger partial charge in [-0.05, 0) is 31.0 Å². The third-order valence-corrected chi connectivity index (χ3v) is 2.92. The normalized spacial score (nSPS) is 10.3. The van der Waals surface area contributed by atoms with Crippen LogP contribution in [0.5, 0.6) is 5.75 Å². The second-order valence-electron chi connectivity index (χ2n) is 4.42. The van der Waals surface area contributed by atoms with E-state index in [1.54, 1.807) is 0 Å². The molecule has 112 valence electrons. The molecule has 0 spiro atoms. The summed E-state index contributed by atoms with van der Waals surface area (Å²) in [7, 11) is 0. The zero-order chi connectivity index (χ0) is 14.6. The lowest BCUT2D eigenvalue weighted by Crippen LogP contribution is -2.26. The largest absolute Gasteiger partial charge is 0.493 e. The van der Waals surface area contributed by atoms with E-state index in [2.05, 4.69) is 21.2 Å². The molecule has 1 aromatic carbocycles. The number of carbonyl (C=O) groups excluding carboxylic acids is 1. The number of rotatable bonds is 10. The highest BCUT2D eigenvalue weighted by Crippen LogP contribution is 2.12. The van der Waals surface area contributed by atoms with Crippen molar-refractivity contribution in [1.82, 2.24) is 5.32 Å². The van der Waals surface area contributed by atoms with Crippen LogP contribution in [-0.4, -0.2) is 37.6 Å². The fourth-order valence-electron chi connectivity index (χ4n) is 1.61. The van der Waals surface area contributed by atoms with Gasteiger partial charge in [-0.1, -0.05) is 28.1 Å². The summed E-state index contributed by atoms with van der Waals surface area (Å²) in [6.07, 6.45) is 1.20. The Morgan fingerprint density at radius 1 is 1.30 bits per heavy atom. The third-order valence-electron chi connectivity index (χ3n) is 2.60. The van der Waals surface area contributed by atoms with Gasteiger partial charge in [0.1, 0.15) is 5.75 Å². The van der Waals surface area contributed by atoms with Gasteiger partial charge in [0.25, 0.3) is 0 Å². The molecular formula is C15H22BrNO3. The van der Waals surface area contributed by atoms with Crippen molar-refractivity contribution >= 4 is 21.8 Å². The topological polar surface area (TPSA) is 47.6 Å². The molecule has 5 heteroatoms. The maximum atomic E-state index is 11.5. The van der Waals surface area contributed by atoms with Gasteiger partial charge >= 0.3 is 0 Å². The smallest absolute Gasteiger partial charge is 0.223 e. The Morgan fingerprint density at radius 3 is 2.90 bits per heavy atom. The van der Waals surface area contributed by atoms with Crippen molar-refractivity contribution in [1.29, 1.82) is 0 Å². The molecule has 4 nitrogen and oxygen atoms in total. The van der Waals surface area contributed by atoms with Gasteiger partial charge in [-0.2, -0.15) is 0 Å². The van der Waals surface area contributed by atoms with E-state index in [1.807, 2.05) is 31.2 Å². The lowest BCUT2D eigenvalue weighted by molar-refractivity contribution is -0.121. The lowest BCUT2D eigenvalue weighted by atomic mass is 10.2. The first-order valence-electron chi connectivity index (χ1n) is 6.82. The van der Waals surface area contributed by atoms with Crippen molar-refractivity contribution in [2.75, 3.05) is 31.7 Å². The molecule has 20 heavy (non-hydrogen) atoms. The van der Waals surface area contributed by atoms with E-state index in [4.69, 9.17) is 9.47 Å². The van der Waals surface area contributed by atoms with Gasteiger partial charge in [0, 0.05) is 18.5 Å². The fraction of sp³-hybridized carbons (Fsp3) is 0.533. The van der Waals surface area contributed by atoms with Crippen LogP contribution in [0, 0.1) is 6.92 Å². The van der Waals surface area contributed by atoms with Gasteiger partial charge < -0.3 is 14.8 Å². The molecule has 0 bridgehead atoms. The van der Waals surface area contributed by atoms with Crippen molar-refractivity contribution < 1.29 is 14.3 Å². The predicted molar refractivity (Wildman–Crippen MR) is 83.5 cm³/mol. The summed E-state index contributed by atoms with van der Waals surface area (Å²) >= 11 is 3.29. The van der Waals surface area contributed by atoms with E-state index in [0.717, 1.165) is 23.1 Å². The molecule has 1 rings (SSSR count). The van der Waals surface area contributed by atoms with Crippen molar-refractivity contribution in [2.45, 2.75) is 19.8 Å². The van der Waals surface area contributed by atoms with Crippen molar-refractivity contribution in [3.63, 3.8) is 0 Å². The zero-order valence-corrected chi connectivity index (χ0v) is 13.4. The minimum atomic E-state index is 0.0122. The molecule has 0 radical (unpaired) electrons. The molecule has 0 heterocycles. The van der Waals surface area contributed by atoms with Crippen molar-refractivity contribution in [2.24, 2.45) is 0 Å². The second kappa shape index (κ2) is 10.7. The summed E-state index contributed by atoms with van der Waals surface area (Å²) in [5, 5.41) is 3.69. The Bertz CT molecular complexity index is 398. The van der Waals surface area contributed by atoms with E-state index in [-0.39, 0.29) is 5.91 Å². The molecule has 0 saturated heterocycles.